The van der Waals surface area contributed by atoms with Crippen molar-refractivity contribution in [2.45, 2.75) is 51.0 Å². The van der Waals surface area contributed by atoms with Crippen LogP contribution in [-0.4, -0.2) is 55.9 Å². The molecule has 2 aliphatic rings. The molecule has 3 aromatic carbocycles. The predicted molar refractivity (Wildman–Crippen MR) is 147 cm³/mol. The maximum Gasteiger partial charge on any atom is 0.113 e. The summed E-state index contributed by atoms with van der Waals surface area (Å²) in [6.07, 6.45) is 2.24. The molecular weight excluding hydrogens is 460 g/mol. The largest absolute Gasteiger partial charge is 0.369 e. The second kappa shape index (κ2) is 13.8. The topological polar surface area (TPSA) is 43.0 Å². The van der Waals surface area contributed by atoms with Crippen LogP contribution in [0, 0.1) is 5.92 Å². The smallest absolute Gasteiger partial charge is 0.113 e. The molecule has 0 aromatic heterocycles. The van der Waals surface area contributed by atoms with Crippen molar-refractivity contribution in [1.29, 1.82) is 0 Å². The molecule has 0 aliphatic carbocycles. The molecule has 0 bridgehead atoms. The lowest BCUT2D eigenvalue weighted by atomic mass is 9.95. The summed E-state index contributed by atoms with van der Waals surface area (Å²) in [7, 11) is 0. The first-order valence-corrected chi connectivity index (χ1v) is 13.7. The molecule has 0 spiro atoms. The summed E-state index contributed by atoms with van der Waals surface area (Å²) in [5.74, 6) is 0.667. The number of likely N-dealkylation sites (tertiary alicyclic amines) is 1. The first-order chi connectivity index (χ1) is 18.3. The molecule has 2 saturated heterocycles. The second-order valence-electron chi connectivity index (χ2n) is 10.4. The van der Waals surface area contributed by atoms with Crippen molar-refractivity contribution >= 4 is 0 Å². The average molecular weight is 501 g/mol. The van der Waals surface area contributed by atoms with Crippen LogP contribution < -0.4 is 5.32 Å². The van der Waals surface area contributed by atoms with E-state index < -0.39 is 0 Å². The molecule has 4 atom stereocenters. The Bertz CT molecular complexity index is 974. The Morgan fingerprint density at radius 3 is 1.59 bits per heavy atom. The van der Waals surface area contributed by atoms with E-state index in [0.29, 0.717) is 25.7 Å². The Labute approximate surface area is 221 Å². The first-order valence-electron chi connectivity index (χ1n) is 13.7. The van der Waals surface area contributed by atoms with Crippen LogP contribution in [0.3, 0.4) is 0 Å². The zero-order valence-electron chi connectivity index (χ0n) is 21.7. The quantitative estimate of drug-likeness (QED) is 0.399. The Morgan fingerprint density at radius 2 is 1.14 bits per heavy atom. The molecule has 2 aliphatic heterocycles. The average Bonchev–Trinajstić information content (AvgIpc) is 2.96. The van der Waals surface area contributed by atoms with Gasteiger partial charge in [0.05, 0.1) is 32.0 Å². The third-order valence-corrected chi connectivity index (χ3v) is 7.42. The minimum Gasteiger partial charge on any atom is -0.369 e. The van der Waals surface area contributed by atoms with Crippen molar-refractivity contribution in [3.05, 3.63) is 108 Å². The third-order valence-electron chi connectivity index (χ3n) is 7.42. The highest BCUT2D eigenvalue weighted by Crippen LogP contribution is 2.26. The van der Waals surface area contributed by atoms with Crippen LogP contribution >= 0.6 is 0 Å². The van der Waals surface area contributed by atoms with Crippen molar-refractivity contribution < 1.29 is 14.2 Å². The Balaban J connectivity index is 1.33. The maximum atomic E-state index is 6.62. The van der Waals surface area contributed by atoms with Crippen LogP contribution in [0.2, 0.25) is 0 Å². The number of nitrogens with one attached hydrogen (secondary N) is 1. The van der Waals surface area contributed by atoms with E-state index in [4.69, 9.17) is 14.2 Å². The lowest BCUT2D eigenvalue weighted by molar-refractivity contribution is -0.185. The van der Waals surface area contributed by atoms with E-state index in [1.807, 2.05) is 18.2 Å². The number of ether oxygens (including phenoxy) is 3. The zero-order valence-corrected chi connectivity index (χ0v) is 21.7. The van der Waals surface area contributed by atoms with Gasteiger partial charge in [0.2, 0.25) is 0 Å². The predicted octanol–water partition coefficient (Wildman–Crippen LogP) is 5.06. The van der Waals surface area contributed by atoms with E-state index in [1.54, 1.807) is 0 Å². The standard InChI is InChI=1S/C32H40N2O3/c1-4-11-26(12-5-1)23-35-30-21-34(20-29-17-10-18-33-19-29)22-31(36-24-27-13-6-2-7-14-27)32(30)37-25-28-15-8-3-9-16-28/h1-9,11-16,29-33H,10,17-25H2/t29-,30-,31+,32?/m1/s1. The van der Waals surface area contributed by atoms with E-state index in [0.717, 1.165) is 32.7 Å². The fourth-order valence-electron chi connectivity index (χ4n) is 5.46. The fraction of sp³-hybridized carbons (Fsp3) is 0.438. The van der Waals surface area contributed by atoms with Gasteiger partial charge >= 0.3 is 0 Å². The minimum atomic E-state index is -0.145. The zero-order chi connectivity index (χ0) is 25.1. The number of nitrogens with zero attached hydrogens (tertiary/aromatic N) is 1. The number of hydrogen-bond acceptors (Lipinski definition) is 5. The van der Waals surface area contributed by atoms with Gasteiger partial charge in [-0.25, -0.2) is 0 Å². The molecule has 5 rings (SSSR count). The van der Waals surface area contributed by atoms with Crippen LogP contribution in [0.25, 0.3) is 0 Å². The van der Waals surface area contributed by atoms with Gasteiger partial charge in [-0.1, -0.05) is 91.0 Å². The van der Waals surface area contributed by atoms with E-state index in [1.165, 1.54) is 29.5 Å². The lowest BCUT2D eigenvalue weighted by Gasteiger charge is -2.44. The molecule has 1 N–H and O–H groups in total. The highest BCUT2D eigenvalue weighted by Gasteiger charge is 2.40. The molecule has 2 fully saturated rings. The summed E-state index contributed by atoms with van der Waals surface area (Å²) in [4.78, 5) is 2.55. The SMILES string of the molecule is c1ccc(COC2[C@@H](OCc3ccccc3)CN(C[C@@H]3CCCNC3)C[C@H]2OCc2ccccc2)cc1. The molecule has 0 radical (unpaired) electrons. The molecule has 5 nitrogen and oxygen atoms in total. The monoisotopic (exact) mass is 500 g/mol. The van der Waals surface area contributed by atoms with Gasteiger partial charge in [-0.15, -0.1) is 0 Å². The summed E-state index contributed by atoms with van der Waals surface area (Å²) < 4.78 is 19.8. The van der Waals surface area contributed by atoms with Crippen LogP contribution in [0.5, 0.6) is 0 Å². The number of piperidine rings is 2. The molecular formula is C32H40N2O3. The van der Waals surface area contributed by atoms with E-state index >= 15 is 0 Å². The highest BCUT2D eigenvalue weighted by atomic mass is 16.6. The van der Waals surface area contributed by atoms with Crippen molar-refractivity contribution in [2.75, 3.05) is 32.7 Å². The van der Waals surface area contributed by atoms with Crippen LogP contribution in [0.15, 0.2) is 91.0 Å². The summed E-state index contributed by atoms with van der Waals surface area (Å²) >= 11 is 0. The summed E-state index contributed by atoms with van der Waals surface area (Å²) in [5.41, 5.74) is 3.53. The maximum absolute atomic E-state index is 6.62. The van der Waals surface area contributed by atoms with Crippen molar-refractivity contribution in [2.24, 2.45) is 5.92 Å². The van der Waals surface area contributed by atoms with E-state index in [2.05, 4.69) is 83.0 Å². The fourth-order valence-corrected chi connectivity index (χ4v) is 5.46. The van der Waals surface area contributed by atoms with Crippen molar-refractivity contribution in [3.8, 4) is 0 Å². The molecule has 2 heterocycles. The number of benzene rings is 3. The Hall–Kier alpha value is -2.54. The molecule has 37 heavy (non-hydrogen) atoms. The van der Waals surface area contributed by atoms with E-state index in [-0.39, 0.29) is 18.3 Å². The first kappa shape index (κ1) is 26.1. The Morgan fingerprint density at radius 1 is 0.649 bits per heavy atom. The molecule has 1 unspecified atom stereocenters. The molecule has 0 saturated carbocycles. The van der Waals surface area contributed by atoms with Crippen LogP contribution in [0.1, 0.15) is 29.5 Å². The normalized spacial score (nSPS) is 24.6. The van der Waals surface area contributed by atoms with Crippen molar-refractivity contribution in [3.63, 3.8) is 0 Å². The lowest BCUT2D eigenvalue weighted by Crippen LogP contribution is -2.59. The van der Waals surface area contributed by atoms with Gasteiger partial charge in [-0.05, 0) is 48.5 Å². The molecule has 5 heteroatoms. The number of rotatable bonds is 11. The van der Waals surface area contributed by atoms with Gasteiger partial charge in [0, 0.05) is 19.6 Å². The summed E-state index contributed by atoms with van der Waals surface area (Å²) in [6, 6.07) is 31.2. The van der Waals surface area contributed by atoms with Gasteiger partial charge in [-0.3, -0.25) is 4.90 Å². The van der Waals surface area contributed by atoms with Gasteiger partial charge < -0.3 is 19.5 Å². The van der Waals surface area contributed by atoms with Crippen molar-refractivity contribution in [1.82, 2.24) is 10.2 Å². The van der Waals surface area contributed by atoms with Crippen LogP contribution in [0.4, 0.5) is 0 Å². The van der Waals surface area contributed by atoms with Crippen LogP contribution in [-0.2, 0) is 34.0 Å². The third kappa shape index (κ3) is 7.97. The van der Waals surface area contributed by atoms with Gasteiger partial charge in [0.1, 0.15) is 6.10 Å². The highest BCUT2D eigenvalue weighted by molar-refractivity contribution is 5.15. The minimum absolute atomic E-state index is 0.0741. The van der Waals surface area contributed by atoms with E-state index in [9.17, 15) is 0 Å². The summed E-state index contributed by atoms with van der Waals surface area (Å²) in [5, 5.41) is 3.57. The number of hydrogen-bond donors (Lipinski definition) is 1. The Kier molecular flexibility index (Phi) is 9.76. The van der Waals surface area contributed by atoms with Gasteiger partial charge in [-0.2, -0.15) is 0 Å². The molecule has 3 aromatic rings. The summed E-state index contributed by atoms with van der Waals surface area (Å²) in [6.45, 7) is 6.69. The van der Waals surface area contributed by atoms with Gasteiger partial charge in [0.25, 0.3) is 0 Å². The molecule has 0 amide bonds. The van der Waals surface area contributed by atoms with Gasteiger partial charge in [0.15, 0.2) is 0 Å². The second-order valence-corrected chi connectivity index (χ2v) is 10.4. The molecule has 196 valence electrons.